The number of nitrogens with two attached hydrogens (primary N) is 1. The molecule has 3 aliphatic rings. The third-order valence-corrected chi connectivity index (χ3v) is 7.41. The van der Waals surface area contributed by atoms with Crippen molar-refractivity contribution < 1.29 is 19.5 Å². The number of nitrogens with one attached hydrogen (secondary N) is 1. The fourth-order valence-corrected chi connectivity index (χ4v) is 5.92. The van der Waals surface area contributed by atoms with E-state index in [1.54, 1.807) is 0 Å². The van der Waals surface area contributed by atoms with Crippen LogP contribution in [0.4, 0.5) is 11.4 Å². The summed E-state index contributed by atoms with van der Waals surface area (Å²) >= 11 is 0. The number of benzene rings is 2. The fourth-order valence-electron chi connectivity index (χ4n) is 5.92. The van der Waals surface area contributed by atoms with Crippen LogP contribution < -0.4 is 16.0 Å². The first-order valence-corrected chi connectivity index (χ1v) is 11.2. The zero-order chi connectivity index (χ0) is 22.5. The minimum Gasteiger partial charge on any atom is -0.480 e. The number of hydrogen-bond acceptors (Lipinski definition) is 5. The molecule has 7 heteroatoms. The number of anilines is 2. The van der Waals surface area contributed by atoms with Gasteiger partial charge in [0.25, 0.3) is 5.91 Å². The normalized spacial score (nSPS) is 25.2. The van der Waals surface area contributed by atoms with Crippen molar-refractivity contribution in [2.24, 2.45) is 11.7 Å². The van der Waals surface area contributed by atoms with E-state index >= 15 is 0 Å². The highest BCUT2D eigenvalue weighted by Gasteiger charge is 2.54. The third-order valence-electron chi connectivity index (χ3n) is 7.41. The van der Waals surface area contributed by atoms with E-state index < -0.39 is 35.5 Å². The molecule has 2 heterocycles. The molecule has 2 aromatic carbocycles. The predicted molar refractivity (Wildman–Crippen MR) is 121 cm³/mol. The number of rotatable bonds is 5. The molecule has 0 bridgehead atoms. The van der Waals surface area contributed by atoms with E-state index in [1.807, 2.05) is 48.5 Å². The largest absolute Gasteiger partial charge is 0.480 e. The Morgan fingerprint density at radius 1 is 1.09 bits per heavy atom. The number of carboxylic acid groups (broad SMARTS) is 1. The highest BCUT2D eigenvalue weighted by atomic mass is 16.4. The number of Topliss-reactive ketones (excluding diaryl/α,β-unsaturated/α-hetero) is 1. The van der Waals surface area contributed by atoms with Gasteiger partial charge < -0.3 is 21.1 Å². The second-order valence-electron chi connectivity index (χ2n) is 9.19. The Morgan fingerprint density at radius 3 is 2.66 bits per heavy atom. The van der Waals surface area contributed by atoms with Crippen LogP contribution in [0, 0.1) is 5.92 Å². The van der Waals surface area contributed by atoms with Crippen LogP contribution in [0.1, 0.15) is 42.7 Å². The van der Waals surface area contributed by atoms with Crippen LogP contribution in [0.25, 0.3) is 0 Å². The average molecular weight is 434 g/mol. The van der Waals surface area contributed by atoms with Gasteiger partial charge in [-0.25, -0.2) is 0 Å². The van der Waals surface area contributed by atoms with E-state index in [0.29, 0.717) is 18.7 Å². The Hall–Kier alpha value is -3.19. The van der Waals surface area contributed by atoms with E-state index in [-0.39, 0.29) is 12.0 Å². The first kappa shape index (κ1) is 20.7. The Labute approximate surface area is 186 Å². The van der Waals surface area contributed by atoms with E-state index in [9.17, 15) is 19.5 Å². The maximum Gasteiger partial charge on any atom is 0.324 e. The zero-order valence-electron chi connectivity index (χ0n) is 17.8. The predicted octanol–water partition coefficient (Wildman–Crippen LogP) is 2.70. The molecule has 0 saturated heterocycles. The van der Waals surface area contributed by atoms with Crippen molar-refractivity contribution in [3.63, 3.8) is 0 Å². The highest BCUT2D eigenvalue weighted by molar-refractivity contribution is 6.42. The van der Waals surface area contributed by atoms with Gasteiger partial charge in [0, 0.05) is 36.3 Å². The van der Waals surface area contributed by atoms with Crippen molar-refractivity contribution >= 4 is 29.0 Å². The van der Waals surface area contributed by atoms with Crippen LogP contribution in [0.3, 0.4) is 0 Å². The van der Waals surface area contributed by atoms with Gasteiger partial charge in [-0.2, -0.15) is 0 Å². The Morgan fingerprint density at radius 2 is 1.84 bits per heavy atom. The standard InChI is InChI=1S/C25H27N3O4/c26-25(24(31)32,14-21(29)23(30)28-13-12-15-6-1-4-11-20(15)28)22-16-7-2-3-9-18(16)27-19-10-5-8-17(19)22/h1-4,6-7,9,11,17,19,22,27H,5,8,10,12-14,26H2,(H,31,32)/t17-,19+,22?,25?/m0/s1. The zero-order valence-corrected chi connectivity index (χ0v) is 17.8. The molecule has 2 aliphatic heterocycles. The summed E-state index contributed by atoms with van der Waals surface area (Å²) in [5, 5.41) is 13.8. The highest BCUT2D eigenvalue weighted by Crippen LogP contribution is 2.50. The first-order chi connectivity index (χ1) is 15.4. The van der Waals surface area contributed by atoms with Crippen LogP contribution >= 0.6 is 0 Å². The molecule has 4 N–H and O–H groups in total. The van der Waals surface area contributed by atoms with Gasteiger partial charge in [-0.3, -0.25) is 14.4 Å². The van der Waals surface area contributed by atoms with Gasteiger partial charge in [0.1, 0.15) is 5.54 Å². The molecule has 32 heavy (non-hydrogen) atoms. The lowest BCUT2D eigenvalue weighted by Gasteiger charge is -2.44. The Kier molecular flexibility index (Phi) is 5.01. The molecule has 0 spiro atoms. The summed E-state index contributed by atoms with van der Waals surface area (Å²) in [5.74, 6) is -3.23. The molecule has 7 nitrogen and oxygen atoms in total. The molecule has 4 atom stereocenters. The van der Waals surface area contributed by atoms with E-state index in [1.165, 1.54) is 4.90 Å². The van der Waals surface area contributed by atoms with Crippen LogP contribution in [0.15, 0.2) is 48.5 Å². The maximum atomic E-state index is 13.2. The maximum absolute atomic E-state index is 13.2. The number of carbonyl (C=O) groups excluding carboxylic acids is 2. The molecule has 1 aliphatic carbocycles. The van der Waals surface area contributed by atoms with Crippen molar-refractivity contribution in [2.45, 2.75) is 49.6 Å². The molecule has 1 saturated carbocycles. The molecule has 2 aromatic rings. The number of fused-ring (bicyclic) bond motifs is 3. The van der Waals surface area contributed by atoms with Crippen molar-refractivity contribution in [1.82, 2.24) is 0 Å². The first-order valence-electron chi connectivity index (χ1n) is 11.2. The average Bonchev–Trinajstić information content (AvgIpc) is 3.43. The second-order valence-corrected chi connectivity index (χ2v) is 9.19. The van der Waals surface area contributed by atoms with Crippen LogP contribution in [-0.4, -0.2) is 40.9 Å². The van der Waals surface area contributed by atoms with Crippen LogP contribution in [0.5, 0.6) is 0 Å². The van der Waals surface area contributed by atoms with Crippen molar-refractivity contribution in [3.05, 3.63) is 59.7 Å². The lowest BCUT2D eigenvalue weighted by molar-refractivity contribution is -0.148. The molecule has 0 aromatic heterocycles. The smallest absolute Gasteiger partial charge is 0.324 e. The number of ketones is 1. The van der Waals surface area contributed by atoms with Crippen molar-refractivity contribution in [3.8, 4) is 0 Å². The quantitative estimate of drug-likeness (QED) is 0.625. The monoisotopic (exact) mass is 433 g/mol. The lowest BCUT2D eigenvalue weighted by atomic mass is 9.66. The number of carboxylic acids is 1. The van der Waals surface area contributed by atoms with Gasteiger partial charge in [0.15, 0.2) is 0 Å². The van der Waals surface area contributed by atoms with E-state index in [2.05, 4.69) is 5.32 Å². The van der Waals surface area contributed by atoms with Crippen LogP contribution in [-0.2, 0) is 20.8 Å². The van der Waals surface area contributed by atoms with Crippen LogP contribution in [0.2, 0.25) is 0 Å². The fraction of sp³-hybridized carbons (Fsp3) is 0.400. The van der Waals surface area contributed by atoms with Gasteiger partial charge >= 0.3 is 5.97 Å². The third kappa shape index (κ3) is 3.19. The van der Waals surface area contributed by atoms with Crippen molar-refractivity contribution in [1.29, 1.82) is 0 Å². The molecule has 5 rings (SSSR count). The molecular weight excluding hydrogens is 406 g/mol. The minimum absolute atomic E-state index is 0.00131. The molecular formula is C25H27N3O4. The summed E-state index contributed by atoms with van der Waals surface area (Å²) < 4.78 is 0. The molecule has 1 amide bonds. The van der Waals surface area contributed by atoms with E-state index in [0.717, 1.165) is 36.1 Å². The number of nitrogens with zero attached hydrogens (tertiary/aromatic N) is 1. The van der Waals surface area contributed by atoms with Gasteiger partial charge in [0.05, 0.1) is 0 Å². The lowest BCUT2D eigenvalue weighted by Crippen LogP contribution is -2.59. The Balaban J connectivity index is 1.47. The summed E-state index contributed by atoms with van der Waals surface area (Å²) in [6.45, 7) is 0.412. The topological polar surface area (TPSA) is 113 Å². The number of para-hydroxylation sites is 2. The van der Waals surface area contributed by atoms with Gasteiger partial charge in [0.2, 0.25) is 5.78 Å². The molecule has 1 fully saturated rings. The second kappa shape index (κ2) is 7.74. The minimum atomic E-state index is -1.86. The number of carbonyl (C=O) groups is 3. The Bertz CT molecular complexity index is 1100. The SMILES string of the molecule is NC(CC(=O)C(=O)N1CCc2ccccc21)(C(=O)O)C1c2ccccc2N[C@@H]2CCC[C@H]12. The summed E-state index contributed by atoms with van der Waals surface area (Å²) in [4.78, 5) is 40.3. The molecule has 2 unspecified atom stereocenters. The summed E-state index contributed by atoms with van der Waals surface area (Å²) in [6.07, 6.45) is 2.89. The summed E-state index contributed by atoms with van der Waals surface area (Å²) in [6, 6.07) is 15.2. The van der Waals surface area contributed by atoms with E-state index in [4.69, 9.17) is 5.73 Å². The van der Waals surface area contributed by atoms with Crippen molar-refractivity contribution in [2.75, 3.05) is 16.8 Å². The van der Waals surface area contributed by atoms with Gasteiger partial charge in [-0.1, -0.05) is 42.8 Å². The number of amides is 1. The summed E-state index contributed by atoms with van der Waals surface area (Å²) in [7, 11) is 0. The summed E-state index contributed by atoms with van der Waals surface area (Å²) in [5.41, 5.74) is 8.13. The van der Waals surface area contributed by atoms with Gasteiger partial charge in [-0.15, -0.1) is 0 Å². The molecule has 0 radical (unpaired) electrons. The number of hydrogen-bond donors (Lipinski definition) is 3. The molecule has 166 valence electrons. The van der Waals surface area contributed by atoms with Gasteiger partial charge in [-0.05, 0) is 48.4 Å². The number of aliphatic carboxylic acids is 1.